The van der Waals surface area contributed by atoms with Crippen molar-refractivity contribution >= 4 is 37.9 Å². The molecule has 12 heteroatoms. The number of hydrogen-bond donors (Lipinski definition) is 0. The molecule has 1 fully saturated rings. The highest BCUT2D eigenvalue weighted by atomic mass is 32.2. The normalized spacial score (nSPS) is 13.4. The van der Waals surface area contributed by atoms with Gasteiger partial charge in [0, 0.05) is 59.9 Å². The average molecular weight is 777 g/mol. The van der Waals surface area contributed by atoms with Crippen molar-refractivity contribution < 1.29 is 22.1 Å². The van der Waals surface area contributed by atoms with E-state index in [2.05, 4.69) is 71.4 Å². The minimum atomic E-state index is -3.64. The zero-order valence-corrected chi connectivity index (χ0v) is 35.2. The van der Waals surface area contributed by atoms with E-state index in [0.29, 0.717) is 34.9 Å². The van der Waals surface area contributed by atoms with Crippen molar-refractivity contribution in [1.29, 1.82) is 0 Å². The smallest absolute Gasteiger partial charge is 0.306 e. The summed E-state index contributed by atoms with van der Waals surface area (Å²) in [5.41, 5.74) is 13.4. The number of rotatable bonds is 8. The predicted molar refractivity (Wildman–Crippen MR) is 225 cm³/mol. The van der Waals surface area contributed by atoms with Crippen LogP contribution in [0.25, 0.3) is 38.3 Å². The first-order chi connectivity index (χ1) is 26.5. The SMILES string of the molecule is COc1cc(C)c(-n2cc(C)c3c(OS(C)(=O)=O)cc(C)nc32)c(C)c1.[C-]#[N+]CC1CCN(c2cc(C)nc3c2c(C)cn3-c2c(C)cc(OC)cc2C)CC1. The zero-order valence-electron chi connectivity index (χ0n) is 34.4. The first-order valence-corrected chi connectivity index (χ1v) is 20.6. The van der Waals surface area contributed by atoms with Crippen molar-refractivity contribution in [2.45, 2.75) is 68.2 Å². The quantitative estimate of drug-likeness (QED) is 0.111. The molecule has 4 aromatic heterocycles. The molecule has 0 radical (unpaired) electrons. The number of benzene rings is 2. The Labute approximate surface area is 330 Å². The van der Waals surface area contributed by atoms with Crippen molar-refractivity contribution in [3.05, 3.63) is 105 Å². The van der Waals surface area contributed by atoms with Gasteiger partial charge in [0.2, 0.25) is 6.54 Å². The fraction of sp³-hybridized carbons (Fsp3) is 0.386. The van der Waals surface area contributed by atoms with Crippen LogP contribution in [0.15, 0.2) is 48.8 Å². The van der Waals surface area contributed by atoms with Gasteiger partial charge in [-0.1, -0.05) is 0 Å². The first-order valence-electron chi connectivity index (χ1n) is 18.8. The molecular formula is C44H52N6O5S. The van der Waals surface area contributed by atoms with Crippen molar-refractivity contribution in [2.24, 2.45) is 5.92 Å². The molecule has 0 aliphatic carbocycles. The van der Waals surface area contributed by atoms with Crippen LogP contribution in [0.4, 0.5) is 5.69 Å². The van der Waals surface area contributed by atoms with Gasteiger partial charge in [0.1, 0.15) is 22.8 Å². The van der Waals surface area contributed by atoms with Crippen LogP contribution in [-0.4, -0.2) is 67.6 Å². The summed E-state index contributed by atoms with van der Waals surface area (Å²) < 4.78 is 43.6. The highest BCUT2D eigenvalue weighted by Gasteiger charge is 2.25. The molecule has 1 saturated heterocycles. The lowest BCUT2D eigenvalue weighted by Gasteiger charge is -2.32. The number of hydrogen-bond acceptors (Lipinski definition) is 8. The van der Waals surface area contributed by atoms with Crippen LogP contribution in [-0.2, 0) is 10.1 Å². The molecule has 7 rings (SSSR count). The second-order valence-corrected chi connectivity index (χ2v) is 16.7. The van der Waals surface area contributed by atoms with Gasteiger partial charge in [0.15, 0.2) is 5.75 Å². The minimum absolute atomic E-state index is 0.301. The molecule has 11 nitrogen and oxygen atoms in total. The van der Waals surface area contributed by atoms with Crippen molar-refractivity contribution in [3.63, 3.8) is 0 Å². The van der Waals surface area contributed by atoms with Gasteiger partial charge in [-0.25, -0.2) is 16.5 Å². The average Bonchev–Trinajstić information content (AvgIpc) is 3.62. The fourth-order valence-corrected chi connectivity index (χ4v) is 8.59. The Bertz CT molecular complexity index is 2560. The summed E-state index contributed by atoms with van der Waals surface area (Å²) in [6, 6.07) is 12.0. The Balaban J connectivity index is 0.000000192. The monoisotopic (exact) mass is 776 g/mol. The Morgan fingerprint density at radius 3 is 1.59 bits per heavy atom. The standard InChI is InChI=1S/C25H30N4O.C19H22N2O4S/c1-16-11-21(30-6)12-17(2)24(16)29-15-18(3)23-22(13-19(4)27-25(23)29)28-9-7-20(8-10-28)14-26-5;1-11-7-15(24-5)8-12(2)18(11)21-10-13(3)17-16(25-26(6,22)23)9-14(4)20-19(17)21/h11-13,15,20H,7-10,14H2,1-4,6H3;7-10H,1-6H3. The number of pyridine rings is 2. The van der Waals surface area contributed by atoms with Gasteiger partial charge in [0.05, 0.1) is 37.2 Å². The summed E-state index contributed by atoms with van der Waals surface area (Å²) in [5.74, 6) is 2.51. The Morgan fingerprint density at radius 2 is 1.14 bits per heavy atom. The van der Waals surface area contributed by atoms with Crippen LogP contribution in [0.3, 0.4) is 0 Å². The minimum Gasteiger partial charge on any atom is -0.497 e. The maximum absolute atomic E-state index is 11.7. The topological polar surface area (TPSA) is 105 Å². The maximum atomic E-state index is 11.7. The van der Waals surface area contributed by atoms with E-state index in [1.165, 1.54) is 33.5 Å². The highest BCUT2D eigenvalue weighted by Crippen LogP contribution is 2.38. The number of methoxy groups -OCH3 is 2. The van der Waals surface area contributed by atoms with E-state index in [1.54, 1.807) is 20.3 Å². The second kappa shape index (κ2) is 15.9. The number of anilines is 1. The number of nitrogens with zero attached hydrogens (tertiary/aromatic N) is 6. The second-order valence-electron chi connectivity index (χ2n) is 15.1. The molecule has 6 aromatic rings. The van der Waals surface area contributed by atoms with Crippen LogP contribution in [0, 0.1) is 67.9 Å². The number of ether oxygens (including phenoxy) is 2. The molecule has 5 heterocycles. The van der Waals surface area contributed by atoms with E-state index in [0.717, 1.165) is 77.4 Å². The first kappa shape index (κ1) is 40.1. The predicted octanol–water partition coefficient (Wildman–Crippen LogP) is 9.01. The van der Waals surface area contributed by atoms with Crippen LogP contribution in [0.2, 0.25) is 0 Å². The molecule has 294 valence electrons. The third-order valence-corrected chi connectivity index (χ3v) is 11.0. The molecule has 0 amide bonds. The molecular weight excluding hydrogens is 725 g/mol. The third kappa shape index (κ3) is 8.05. The molecule has 2 aromatic carbocycles. The van der Waals surface area contributed by atoms with Gasteiger partial charge in [-0.3, -0.25) is 0 Å². The molecule has 56 heavy (non-hydrogen) atoms. The van der Waals surface area contributed by atoms with Gasteiger partial charge >= 0.3 is 10.1 Å². The summed E-state index contributed by atoms with van der Waals surface area (Å²) in [7, 11) is -0.285. The van der Waals surface area contributed by atoms with E-state index >= 15 is 0 Å². The van der Waals surface area contributed by atoms with Gasteiger partial charge in [-0.15, -0.1) is 0 Å². The fourth-order valence-electron chi connectivity index (χ4n) is 8.14. The lowest BCUT2D eigenvalue weighted by Crippen LogP contribution is -2.34. The third-order valence-electron chi connectivity index (χ3n) is 10.5. The Hall–Kier alpha value is -5.54. The van der Waals surface area contributed by atoms with Crippen LogP contribution in [0.1, 0.15) is 57.6 Å². The largest absolute Gasteiger partial charge is 0.497 e. The van der Waals surface area contributed by atoms with Crippen LogP contribution in [0.5, 0.6) is 17.2 Å². The summed E-state index contributed by atoms with van der Waals surface area (Å²) in [4.78, 5) is 15.7. The lowest BCUT2D eigenvalue weighted by molar-refractivity contribution is 0.414. The van der Waals surface area contributed by atoms with E-state index < -0.39 is 10.1 Å². The van der Waals surface area contributed by atoms with Crippen molar-refractivity contribution in [2.75, 3.05) is 45.0 Å². The summed E-state index contributed by atoms with van der Waals surface area (Å²) in [6.07, 6.45) is 7.38. The zero-order chi connectivity index (χ0) is 40.6. The van der Waals surface area contributed by atoms with E-state index in [4.69, 9.17) is 25.2 Å². The summed E-state index contributed by atoms with van der Waals surface area (Å²) in [5, 5.41) is 1.93. The van der Waals surface area contributed by atoms with Gasteiger partial charge in [0.25, 0.3) is 0 Å². The molecule has 0 N–H and O–H groups in total. The van der Waals surface area contributed by atoms with Crippen molar-refractivity contribution in [1.82, 2.24) is 19.1 Å². The maximum Gasteiger partial charge on any atom is 0.306 e. The van der Waals surface area contributed by atoms with E-state index in [9.17, 15) is 8.42 Å². The molecule has 0 saturated carbocycles. The highest BCUT2D eigenvalue weighted by molar-refractivity contribution is 7.86. The molecule has 0 bridgehead atoms. The molecule has 0 spiro atoms. The number of piperidine rings is 1. The van der Waals surface area contributed by atoms with Crippen LogP contribution < -0.4 is 18.6 Å². The Morgan fingerprint density at radius 1 is 0.696 bits per heavy atom. The molecule has 0 atom stereocenters. The van der Waals surface area contributed by atoms with Gasteiger partial charge in [-0.2, -0.15) is 8.42 Å². The number of fused-ring (bicyclic) bond motifs is 2. The van der Waals surface area contributed by atoms with E-state index in [-0.39, 0.29) is 0 Å². The lowest BCUT2D eigenvalue weighted by atomic mass is 9.96. The van der Waals surface area contributed by atoms with Gasteiger partial charge < -0.3 is 32.5 Å². The molecule has 1 aliphatic rings. The van der Waals surface area contributed by atoms with Crippen molar-refractivity contribution in [3.8, 4) is 28.6 Å². The summed E-state index contributed by atoms with van der Waals surface area (Å²) >= 11 is 0. The molecule has 1 aliphatic heterocycles. The summed E-state index contributed by atoms with van der Waals surface area (Å²) in [6.45, 7) is 26.1. The number of aryl methyl sites for hydroxylation is 8. The van der Waals surface area contributed by atoms with Crippen LogP contribution >= 0.6 is 0 Å². The van der Waals surface area contributed by atoms with E-state index in [1.807, 2.05) is 50.6 Å². The van der Waals surface area contributed by atoms with Gasteiger partial charge in [-0.05, 0) is 132 Å². The Kier molecular flexibility index (Phi) is 11.4. The number of aromatic nitrogens is 4. The molecule has 0 unspecified atom stereocenters.